The van der Waals surface area contributed by atoms with Crippen LogP contribution in [0.5, 0.6) is 5.75 Å². The van der Waals surface area contributed by atoms with Gasteiger partial charge in [-0.15, -0.1) is 0 Å². The number of rotatable bonds is 4. The van der Waals surface area contributed by atoms with Crippen molar-refractivity contribution in [2.75, 3.05) is 14.2 Å². The summed E-state index contributed by atoms with van der Waals surface area (Å²) in [5.74, 6) is 0.998. The van der Waals surface area contributed by atoms with E-state index in [0.29, 0.717) is 17.4 Å². The molecule has 0 aromatic carbocycles. The van der Waals surface area contributed by atoms with Gasteiger partial charge >= 0.3 is 0 Å². The summed E-state index contributed by atoms with van der Waals surface area (Å²) in [5, 5.41) is 4.10. The lowest BCUT2D eigenvalue weighted by Gasteiger charge is -2.37. The van der Waals surface area contributed by atoms with E-state index in [0.717, 1.165) is 25.7 Å². The highest BCUT2D eigenvalue weighted by molar-refractivity contribution is 6.03. The van der Waals surface area contributed by atoms with Crippen molar-refractivity contribution in [2.24, 2.45) is 13.0 Å². The van der Waals surface area contributed by atoms with E-state index in [1.54, 1.807) is 32.1 Å². The van der Waals surface area contributed by atoms with Crippen LogP contribution < -0.4 is 4.74 Å². The lowest BCUT2D eigenvalue weighted by molar-refractivity contribution is -0.0310. The molecule has 2 rings (SSSR count). The van der Waals surface area contributed by atoms with Gasteiger partial charge in [0.1, 0.15) is 11.3 Å². The smallest absolute Gasteiger partial charge is 0.216 e. The maximum absolute atomic E-state index is 12.9. The van der Waals surface area contributed by atoms with Gasteiger partial charge in [-0.2, -0.15) is 5.10 Å². The molecule has 1 aromatic heterocycles. The van der Waals surface area contributed by atoms with Crippen molar-refractivity contribution in [1.82, 2.24) is 9.78 Å². The van der Waals surface area contributed by atoms with Gasteiger partial charge in [0, 0.05) is 14.2 Å². The number of Topliss-reactive ketones (excluding diaryl/α,β-unsaturated/α-hetero) is 1. The summed E-state index contributed by atoms with van der Waals surface area (Å²) in [6, 6.07) is 0. The fourth-order valence-corrected chi connectivity index (χ4v) is 3.03. The topological polar surface area (TPSA) is 53.4 Å². The second-order valence-corrected chi connectivity index (χ2v) is 5.41. The molecule has 2 unspecified atom stereocenters. The summed E-state index contributed by atoms with van der Waals surface area (Å²) in [6.45, 7) is 2.17. The van der Waals surface area contributed by atoms with E-state index in [2.05, 4.69) is 12.0 Å². The van der Waals surface area contributed by atoms with Gasteiger partial charge in [-0.3, -0.25) is 9.48 Å². The van der Waals surface area contributed by atoms with Crippen LogP contribution in [0.2, 0.25) is 0 Å². The number of carbonyl (C=O) groups is 1. The van der Waals surface area contributed by atoms with Crippen LogP contribution >= 0.6 is 0 Å². The molecule has 0 radical (unpaired) electrons. The lowest BCUT2D eigenvalue weighted by Crippen LogP contribution is -2.45. The number of hydrogen-bond donors (Lipinski definition) is 0. The minimum absolute atomic E-state index is 0.0154. The van der Waals surface area contributed by atoms with Crippen molar-refractivity contribution < 1.29 is 14.3 Å². The average Bonchev–Trinajstić information content (AvgIpc) is 2.78. The third-order valence-electron chi connectivity index (χ3n) is 4.10. The van der Waals surface area contributed by atoms with Gasteiger partial charge in [-0.25, -0.2) is 0 Å². The number of ketones is 1. The number of hydrogen-bond acceptors (Lipinski definition) is 4. The number of nitrogens with zero attached hydrogens (tertiary/aromatic N) is 2. The summed E-state index contributed by atoms with van der Waals surface area (Å²) >= 11 is 0. The van der Waals surface area contributed by atoms with Crippen molar-refractivity contribution in [2.45, 2.75) is 38.2 Å². The molecule has 5 nitrogen and oxygen atoms in total. The average molecular weight is 266 g/mol. The molecule has 0 bridgehead atoms. The van der Waals surface area contributed by atoms with Gasteiger partial charge < -0.3 is 9.47 Å². The standard InChI is InChI=1S/C14H22N2O3/c1-10-6-5-7-14(8-10,19-4)13(17)12-11(18-3)9-15-16(12)2/h9-10H,5-8H2,1-4H3. The number of carbonyl (C=O) groups excluding carboxylic acids is 1. The van der Waals surface area contributed by atoms with Gasteiger partial charge in [0.2, 0.25) is 5.78 Å². The zero-order valence-electron chi connectivity index (χ0n) is 12.1. The van der Waals surface area contributed by atoms with E-state index in [4.69, 9.17) is 9.47 Å². The van der Waals surface area contributed by atoms with Gasteiger partial charge in [0.15, 0.2) is 5.75 Å². The van der Waals surface area contributed by atoms with Crippen LogP contribution in [0.3, 0.4) is 0 Å². The Morgan fingerprint density at radius 3 is 2.84 bits per heavy atom. The summed E-state index contributed by atoms with van der Waals surface area (Å²) in [6.07, 6.45) is 5.27. The molecule has 1 saturated carbocycles. The van der Waals surface area contributed by atoms with E-state index in [1.165, 1.54) is 0 Å². The van der Waals surface area contributed by atoms with E-state index in [-0.39, 0.29) is 5.78 Å². The number of aromatic nitrogens is 2. The molecule has 0 spiro atoms. The van der Waals surface area contributed by atoms with Crippen LogP contribution in [0.25, 0.3) is 0 Å². The van der Waals surface area contributed by atoms with Crippen LogP contribution in [-0.4, -0.2) is 35.4 Å². The molecule has 0 amide bonds. The molecule has 1 aliphatic rings. The monoisotopic (exact) mass is 266 g/mol. The van der Waals surface area contributed by atoms with Crippen LogP contribution in [0.15, 0.2) is 6.20 Å². The molecule has 19 heavy (non-hydrogen) atoms. The number of methoxy groups -OCH3 is 2. The Bertz CT molecular complexity index is 469. The maximum Gasteiger partial charge on any atom is 0.216 e. The quantitative estimate of drug-likeness (QED) is 0.784. The van der Waals surface area contributed by atoms with Crippen molar-refractivity contribution in [1.29, 1.82) is 0 Å². The molecule has 0 saturated heterocycles. The highest BCUT2D eigenvalue weighted by Crippen LogP contribution is 2.38. The largest absolute Gasteiger partial charge is 0.493 e. The Hall–Kier alpha value is -1.36. The summed E-state index contributed by atoms with van der Waals surface area (Å²) < 4.78 is 12.4. The zero-order chi connectivity index (χ0) is 14.0. The zero-order valence-corrected chi connectivity index (χ0v) is 12.1. The molecule has 1 heterocycles. The normalized spacial score (nSPS) is 27.3. The van der Waals surface area contributed by atoms with E-state index in [1.807, 2.05) is 0 Å². The number of aryl methyl sites for hydroxylation is 1. The molecular weight excluding hydrogens is 244 g/mol. The van der Waals surface area contributed by atoms with Crippen molar-refractivity contribution in [3.05, 3.63) is 11.9 Å². The van der Waals surface area contributed by atoms with Gasteiger partial charge in [-0.05, 0) is 25.2 Å². The van der Waals surface area contributed by atoms with Gasteiger partial charge in [-0.1, -0.05) is 13.3 Å². The first kappa shape index (κ1) is 14.1. The Morgan fingerprint density at radius 1 is 1.53 bits per heavy atom. The maximum atomic E-state index is 12.9. The molecular formula is C14H22N2O3. The molecule has 0 N–H and O–H groups in total. The minimum atomic E-state index is -0.723. The lowest BCUT2D eigenvalue weighted by atomic mass is 9.75. The Kier molecular flexibility index (Phi) is 3.94. The van der Waals surface area contributed by atoms with Crippen molar-refractivity contribution in [3.63, 3.8) is 0 Å². The SMILES string of the molecule is COc1cnn(C)c1C(=O)C1(OC)CCCC(C)C1. The van der Waals surface area contributed by atoms with E-state index < -0.39 is 5.60 Å². The molecule has 1 fully saturated rings. The second kappa shape index (κ2) is 5.33. The Balaban J connectivity index is 2.37. The highest BCUT2D eigenvalue weighted by Gasteiger charge is 2.44. The Labute approximate surface area is 113 Å². The fraction of sp³-hybridized carbons (Fsp3) is 0.714. The van der Waals surface area contributed by atoms with E-state index >= 15 is 0 Å². The van der Waals surface area contributed by atoms with Crippen LogP contribution in [0.4, 0.5) is 0 Å². The predicted molar refractivity (Wildman–Crippen MR) is 71.5 cm³/mol. The van der Waals surface area contributed by atoms with Crippen LogP contribution in [0, 0.1) is 5.92 Å². The molecule has 1 aliphatic carbocycles. The summed E-state index contributed by atoms with van der Waals surface area (Å²) in [4.78, 5) is 12.9. The van der Waals surface area contributed by atoms with Crippen LogP contribution in [-0.2, 0) is 11.8 Å². The fourth-order valence-electron chi connectivity index (χ4n) is 3.03. The Morgan fingerprint density at radius 2 is 2.26 bits per heavy atom. The molecule has 1 aromatic rings. The molecule has 0 aliphatic heterocycles. The van der Waals surface area contributed by atoms with Crippen LogP contribution in [0.1, 0.15) is 43.1 Å². The van der Waals surface area contributed by atoms with E-state index in [9.17, 15) is 4.79 Å². The molecule has 106 valence electrons. The highest BCUT2D eigenvalue weighted by atomic mass is 16.5. The van der Waals surface area contributed by atoms with Gasteiger partial charge in [0.05, 0.1) is 13.3 Å². The third kappa shape index (κ3) is 2.39. The van der Waals surface area contributed by atoms with Crippen molar-refractivity contribution in [3.8, 4) is 5.75 Å². The first-order chi connectivity index (χ1) is 9.04. The summed E-state index contributed by atoms with van der Waals surface area (Å²) in [5.41, 5.74) is -0.225. The minimum Gasteiger partial charge on any atom is -0.493 e. The summed E-state index contributed by atoms with van der Waals surface area (Å²) in [7, 11) is 4.93. The van der Waals surface area contributed by atoms with Gasteiger partial charge in [0.25, 0.3) is 0 Å². The predicted octanol–water partition coefficient (Wildman–Crippen LogP) is 2.21. The third-order valence-corrected chi connectivity index (χ3v) is 4.10. The molecule has 2 atom stereocenters. The second-order valence-electron chi connectivity index (χ2n) is 5.41. The first-order valence-electron chi connectivity index (χ1n) is 6.70. The molecule has 5 heteroatoms. The number of ether oxygens (including phenoxy) is 2. The first-order valence-corrected chi connectivity index (χ1v) is 6.70. The van der Waals surface area contributed by atoms with Crippen molar-refractivity contribution >= 4 is 5.78 Å².